The summed E-state index contributed by atoms with van der Waals surface area (Å²) in [6, 6.07) is 8.93. The van der Waals surface area contributed by atoms with Gasteiger partial charge >= 0.3 is 6.18 Å². The number of alkyl halides is 3. The highest BCUT2D eigenvalue weighted by Crippen LogP contribution is 2.46. The summed E-state index contributed by atoms with van der Waals surface area (Å²) < 4.78 is 59.3. The molecule has 5 nitrogen and oxygen atoms in total. The zero-order valence-electron chi connectivity index (χ0n) is 16.9. The molecule has 1 aromatic heterocycles. The number of ether oxygens (including phenoxy) is 1. The van der Waals surface area contributed by atoms with E-state index in [0.29, 0.717) is 22.8 Å². The van der Waals surface area contributed by atoms with Crippen LogP contribution in [0.4, 0.5) is 34.6 Å². The minimum Gasteiger partial charge on any atom is -0.481 e. The van der Waals surface area contributed by atoms with Crippen molar-refractivity contribution in [3.63, 3.8) is 0 Å². The topological polar surface area (TPSA) is 45.7 Å². The number of hydrogen-bond acceptors (Lipinski definition) is 4. The molecule has 0 unspecified atom stereocenters. The van der Waals surface area contributed by atoms with Crippen LogP contribution < -0.4 is 14.5 Å². The van der Waals surface area contributed by atoms with E-state index in [-0.39, 0.29) is 17.9 Å². The Morgan fingerprint density at radius 1 is 1.09 bits per heavy atom. The number of carbonyl (C=O) groups is 1. The van der Waals surface area contributed by atoms with Crippen LogP contribution in [0.3, 0.4) is 0 Å². The summed E-state index contributed by atoms with van der Waals surface area (Å²) in [7, 11) is 1.45. The summed E-state index contributed by atoms with van der Waals surface area (Å²) in [5.74, 6) is -0.702. The molecule has 0 saturated heterocycles. The number of nitrogens with zero attached hydrogens (tertiary/aromatic N) is 3. The minimum atomic E-state index is -4.71. The predicted octanol–water partition coefficient (Wildman–Crippen LogP) is 5.97. The van der Waals surface area contributed by atoms with E-state index in [1.807, 2.05) is 0 Å². The molecule has 0 saturated carbocycles. The van der Waals surface area contributed by atoms with Crippen LogP contribution >= 0.6 is 11.6 Å². The summed E-state index contributed by atoms with van der Waals surface area (Å²) in [6.07, 6.45) is -3.29. The molecule has 1 amide bonds. The van der Waals surface area contributed by atoms with Crippen molar-refractivity contribution in [3.8, 4) is 5.88 Å². The molecule has 0 atom stereocenters. The van der Waals surface area contributed by atoms with Crippen LogP contribution in [0.5, 0.6) is 5.88 Å². The van der Waals surface area contributed by atoms with E-state index in [2.05, 4.69) is 4.98 Å². The second kappa shape index (κ2) is 7.98. The molecule has 4 rings (SSSR count). The van der Waals surface area contributed by atoms with Crippen molar-refractivity contribution in [2.24, 2.45) is 0 Å². The number of aromatic nitrogens is 1. The molecule has 166 valence electrons. The van der Waals surface area contributed by atoms with E-state index in [1.54, 1.807) is 19.1 Å². The number of amides is 1. The van der Waals surface area contributed by atoms with E-state index in [9.17, 15) is 22.4 Å². The van der Waals surface area contributed by atoms with E-state index < -0.39 is 28.5 Å². The smallest absolute Gasteiger partial charge is 0.417 e. The lowest BCUT2D eigenvalue weighted by atomic mass is 10.0. The summed E-state index contributed by atoms with van der Waals surface area (Å²) in [5, 5.41) is -0.598. The van der Waals surface area contributed by atoms with E-state index in [0.717, 1.165) is 12.1 Å². The number of aryl methyl sites for hydroxylation is 1. The first kappa shape index (κ1) is 21.9. The van der Waals surface area contributed by atoms with Gasteiger partial charge in [-0.05, 0) is 48.9 Å². The van der Waals surface area contributed by atoms with Gasteiger partial charge in [0.05, 0.1) is 40.8 Å². The lowest BCUT2D eigenvalue weighted by Gasteiger charge is -2.39. The number of carbonyl (C=O) groups excluding carboxylic acids is 1. The van der Waals surface area contributed by atoms with Crippen molar-refractivity contribution in [2.75, 3.05) is 23.6 Å². The highest BCUT2D eigenvalue weighted by molar-refractivity contribution is 6.36. The molecular formula is C22H16ClF4N3O2. The minimum absolute atomic E-state index is 0.0196. The molecule has 1 aliphatic heterocycles. The third-order valence-corrected chi connectivity index (χ3v) is 5.52. The van der Waals surface area contributed by atoms with Crippen LogP contribution in [0.25, 0.3) is 0 Å². The number of pyridine rings is 1. The van der Waals surface area contributed by atoms with Crippen LogP contribution in [0.2, 0.25) is 5.02 Å². The third kappa shape index (κ3) is 3.73. The number of rotatable bonds is 3. The van der Waals surface area contributed by atoms with Crippen LogP contribution in [0.15, 0.2) is 48.7 Å². The molecule has 0 fully saturated rings. The first-order chi connectivity index (χ1) is 15.1. The second-order valence-electron chi connectivity index (χ2n) is 7.11. The number of methoxy groups -OCH3 is 1. The predicted molar refractivity (Wildman–Crippen MR) is 112 cm³/mol. The van der Waals surface area contributed by atoms with Gasteiger partial charge in [0.25, 0.3) is 5.91 Å². The van der Waals surface area contributed by atoms with Gasteiger partial charge in [0, 0.05) is 11.8 Å². The van der Waals surface area contributed by atoms with Gasteiger partial charge in [0.2, 0.25) is 5.88 Å². The molecule has 0 aliphatic carbocycles. The fourth-order valence-corrected chi connectivity index (χ4v) is 3.99. The van der Waals surface area contributed by atoms with Gasteiger partial charge in [0.15, 0.2) is 0 Å². The lowest BCUT2D eigenvalue weighted by Crippen LogP contribution is -2.45. The number of fused-ring (bicyclic) bond motifs is 1. The van der Waals surface area contributed by atoms with Crippen molar-refractivity contribution in [1.82, 2.24) is 4.98 Å². The fraction of sp³-hybridized carbons (Fsp3) is 0.182. The first-order valence-corrected chi connectivity index (χ1v) is 9.75. The Hall–Kier alpha value is -3.33. The quantitative estimate of drug-likeness (QED) is 0.447. The summed E-state index contributed by atoms with van der Waals surface area (Å²) >= 11 is 6.20. The van der Waals surface area contributed by atoms with Crippen molar-refractivity contribution >= 4 is 34.6 Å². The maximum absolute atomic E-state index is 13.7. The summed E-state index contributed by atoms with van der Waals surface area (Å²) in [5.41, 5.74) is 0.115. The van der Waals surface area contributed by atoms with Gasteiger partial charge in [-0.15, -0.1) is 0 Å². The van der Waals surface area contributed by atoms with Crippen LogP contribution in [0.1, 0.15) is 21.5 Å². The van der Waals surface area contributed by atoms with Crippen LogP contribution in [-0.2, 0) is 6.18 Å². The Bertz CT molecular complexity index is 1200. The van der Waals surface area contributed by atoms with Gasteiger partial charge in [0.1, 0.15) is 12.5 Å². The first-order valence-electron chi connectivity index (χ1n) is 9.37. The van der Waals surface area contributed by atoms with Gasteiger partial charge < -0.3 is 9.64 Å². The highest BCUT2D eigenvalue weighted by atomic mass is 35.5. The second-order valence-corrected chi connectivity index (χ2v) is 7.49. The average Bonchev–Trinajstić information content (AvgIpc) is 2.74. The molecule has 2 aromatic carbocycles. The Kier molecular flexibility index (Phi) is 5.46. The van der Waals surface area contributed by atoms with Gasteiger partial charge in [-0.25, -0.2) is 9.37 Å². The van der Waals surface area contributed by atoms with Gasteiger partial charge in [-0.1, -0.05) is 11.6 Å². The molecule has 0 radical (unpaired) electrons. The number of halogens is 5. The van der Waals surface area contributed by atoms with Crippen LogP contribution in [0, 0.1) is 12.7 Å². The van der Waals surface area contributed by atoms with Crippen molar-refractivity contribution < 1.29 is 27.1 Å². The monoisotopic (exact) mass is 465 g/mol. The largest absolute Gasteiger partial charge is 0.481 e. The molecule has 3 aromatic rings. The lowest BCUT2D eigenvalue weighted by molar-refractivity contribution is -0.137. The normalized spacial score (nSPS) is 13.9. The Balaban J connectivity index is 1.92. The Morgan fingerprint density at radius 3 is 2.44 bits per heavy atom. The summed E-state index contributed by atoms with van der Waals surface area (Å²) in [6.45, 7) is 1.46. The maximum Gasteiger partial charge on any atom is 0.417 e. The fourth-order valence-electron chi connectivity index (χ4n) is 3.61. The average molecular weight is 466 g/mol. The molecule has 0 N–H and O–H groups in total. The highest BCUT2D eigenvalue weighted by Gasteiger charge is 2.40. The summed E-state index contributed by atoms with van der Waals surface area (Å²) in [4.78, 5) is 20.1. The van der Waals surface area contributed by atoms with Crippen molar-refractivity contribution in [2.45, 2.75) is 13.1 Å². The molecule has 0 bridgehead atoms. The van der Waals surface area contributed by atoms with E-state index in [4.69, 9.17) is 16.3 Å². The molecule has 0 spiro atoms. The molecule has 10 heteroatoms. The Labute approximate surface area is 185 Å². The van der Waals surface area contributed by atoms with E-state index >= 15 is 0 Å². The third-order valence-electron chi connectivity index (χ3n) is 5.14. The standard InChI is InChI=1S/C22H16ClF4N3O2/c1-12-9-13(24)3-7-17(12)30-11-29(14-4-8-18(32-2)28-10-14)21(31)15-5-6-16(22(25,26)27)19(23)20(15)30/h3-10H,11H2,1-2H3. The molecule has 2 heterocycles. The Morgan fingerprint density at radius 2 is 1.84 bits per heavy atom. The SMILES string of the molecule is COc1ccc(N2CN(c3ccc(F)cc3C)c3c(ccc(C(F)(F)F)c3Cl)C2=O)cn1. The maximum atomic E-state index is 13.7. The van der Waals surface area contributed by atoms with E-state index in [1.165, 1.54) is 41.3 Å². The zero-order chi connectivity index (χ0) is 23.2. The van der Waals surface area contributed by atoms with Gasteiger partial charge in [-0.3, -0.25) is 9.69 Å². The zero-order valence-corrected chi connectivity index (χ0v) is 17.6. The number of hydrogen-bond donors (Lipinski definition) is 0. The van der Waals surface area contributed by atoms with Crippen molar-refractivity contribution in [3.05, 3.63) is 76.2 Å². The molecule has 1 aliphatic rings. The molecule has 32 heavy (non-hydrogen) atoms. The van der Waals surface area contributed by atoms with Crippen LogP contribution in [-0.4, -0.2) is 24.7 Å². The van der Waals surface area contributed by atoms with Gasteiger partial charge in [-0.2, -0.15) is 13.2 Å². The molecular weight excluding hydrogens is 450 g/mol. The number of anilines is 3. The van der Waals surface area contributed by atoms with Crippen molar-refractivity contribution in [1.29, 1.82) is 0 Å². The number of benzene rings is 2.